The molecule has 0 aliphatic heterocycles. The highest BCUT2D eigenvalue weighted by molar-refractivity contribution is 5.69. The van der Waals surface area contributed by atoms with Gasteiger partial charge < -0.3 is 15.0 Å². The third-order valence-corrected chi connectivity index (χ3v) is 5.69. The van der Waals surface area contributed by atoms with Gasteiger partial charge in [0.05, 0.1) is 0 Å². The number of aliphatic carboxylic acids is 1. The van der Waals surface area contributed by atoms with Crippen LogP contribution in [-0.2, 0) is 4.79 Å². The van der Waals surface area contributed by atoms with Crippen molar-refractivity contribution >= 4 is 5.97 Å². The molecule has 0 aliphatic rings. The highest BCUT2D eigenvalue weighted by atomic mass is 16.4. The van der Waals surface area contributed by atoms with Crippen LogP contribution in [0.25, 0.3) is 0 Å². The van der Waals surface area contributed by atoms with Gasteiger partial charge in [-0.2, -0.15) is 0 Å². The molecule has 3 nitrogen and oxygen atoms in total. The summed E-state index contributed by atoms with van der Waals surface area (Å²) in [6.45, 7) is 4.19. The Balaban J connectivity index is 2.13. The molecule has 2 atom stereocenters. The molecule has 1 N–H and O–H groups in total. The van der Waals surface area contributed by atoms with Gasteiger partial charge in [-0.1, -0.05) is 103 Å². The zero-order valence-corrected chi connectivity index (χ0v) is 17.4. The van der Waals surface area contributed by atoms with Crippen molar-refractivity contribution in [3.05, 3.63) is 29.8 Å². The van der Waals surface area contributed by atoms with Crippen LogP contribution in [0.2, 0.25) is 0 Å². The van der Waals surface area contributed by atoms with Crippen molar-refractivity contribution in [1.29, 1.82) is 0 Å². The molecule has 0 fully saturated rings. The van der Waals surface area contributed by atoms with Gasteiger partial charge in [-0.3, -0.25) is 0 Å². The van der Waals surface area contributed by atoms with E-state index in [-0.39, 0.29) is 11.7 Å². The highest BCUT2D eigenvalue weighted by Gasteiger charge is 2.19. The number of hydrogen-bond acceptors (Lipinski definition) is 3. The fourth-order valence-electron chi connectivity index (χ4n) is 3.79. The summed E-state index contributed by atoms with van der Waals surface area (Å²) in [6, 6.07) is 6.83. The maximum Gasteiger partial charge on any atom is 0.115 e. The van der Waals surface area contributed by atoms with Gasteiger partial charge in [-0.15, -0.1) is 0 Å². The lowest BCUT2D eigenvalue weighted by atomic mass is 9.84. The standard InChI is InChI=1S/C24H40O3/c1-3-4-5-6-7-8-9-10-11-12-13-14-15-23(24(26)27)20(2)21-16-18-22(25)19-17-21/h16-20,23,25H,3-15H2,1-2H3,(H,26,27)/p-1. The Morgan fingerprint density at radius 1 is 0.852 bits per heavy atom. The molecule has 0 spiro atoms. The molecule has 0 aromatic heterocycles. The van der Waals surface area contributed by atoms with Crippen molar-refractivity contribution in [3.8, 4) is 5.75 Å². The van der Waals surface area contributed by atoms with Crippen LogP contribution in [0.1, 0.15) is 109 Å². The predicted octanol–water partition coefficient (Wildman–Crippen LogP) is 5.95. The summed E-state index contributed by atoms with van der Waals surface area (Å²) in [6.07, 6.45) is 16.0. The Hall–Kier alpha value is -1.51. The topological polar surface area (TPSA) is 60.4 Å². The number of aromatic hydroxyl groups is 1. The van der Waals surface area contributed by atoms with Gasteiger partial charge in [0.15, 0.2) is 0 Å². The molecule has 0 heterocycles. The van der Waals surface area contributed by atoms with Crippen LogP contribution in [0.15, 0.2) is 24.3 Å². The lowest BCUT2D eigenvalue weighted by Gasteiger charge is -2.25. The average Bonchev–Trinajstić information content (AvgIpc) is 2.65. The Labute approximate surface area is 166 Å². The molecule has 3 heteroatoms. The minimum atomic E-state index is -0.960. The number of carbonyl (C=O) groups is 1. The van der Waals surface area contributed by atoms with E-state index in [9.17, 15) is 15.0 Å². The van der Waals surface area contributed by atoms with Crippen LogP contribution in [-0.4, -0.2) is 11.1 Å². The highest BCUT2D eigenvalue weighted by Crippen LogP contribution is 2.29. The molecule has 0 amide bonds. The van der Waals surface area contributed by atoms with Gasteiger partial charge in [0, 0.05) is 11.9 Å². The molecule has 0 saturated carbocycles. The first kappa shape index (κ1) is 23.5. The average molecular weight is 376 g/mol. The number of benzene rings is 1. The number of phenols is 1. The molecule has 0 saturated heterocycles. The first-order chi connectivity index (χ1) is 13.1. The Bertz CT molecular complexity index is 495. The molecule has 2 unspecified atom stereocenters. The van der Waals surface area contributed by atoms with E-state index in [1.165, 1.54) is 64.2 Å². The number of carboxylic acid groups (broad SMARTS) is 1. The third kappa shape index (κ3) is 10.4. The van der Waals surface area contributed by atoms with Gasteiger partial charge in [-0.25, -0.2) is 0 Å². The summed E-state index contributed by atoms with van der Waals surface area (Å²) in [4.78, 5) is 11.6. The molecular weight excluding hydrogens is 336 g/mol. The number of hydrogen-bond donors (Lipinski definition) is 1. The van der Waals surface area contributed by atoms with Crippen molar-refractivity contribution in [3.63, 3.8) is 0 Å². The molecule has 1 rings (SSSR count). The summed E-state index contributed by atoms with van der Waals surface area (Å²) >= 11 is 0. The SMILES string of the molecule is CCCCCCCCCCCCCCC(C(=O)[O-])C(C)c1ccc(O)cc1. The predicted molar refractivity (Wildman–Crippen MR) is 111 cm³/mol. The molecule has 0 aliphatic carbocycles. The number of carbonyl (C=O) groups excluding carboxylic acids is 1. The number of phenolic OH excluding ortho intramolecular Hbond substituents is 1. The normalized spacial score (nSPS) is 13.4. The maximum absolute atomic E-state index is 11.6. The quantitative estimate of drug-likeness (QED) is 0.363. The first-order valence-corrected chi connectivity index (χ1v) is 11.1. The molecule has 1 aromatic rings. The van der Waals surface area contributed by atoms with E-state index in [1.54, 1.807) is 24.3 Å². The van der Waals surface area contributed by atoms with Crippen LogP contribution in [0.4, 0.5) is 0 Å². The second-order valence-electron chi connectivity index (χ2n) is 7.98. The van der Waals surface area contributed by atoms with E-state index in [1.807, 2.05) is 6.92 Å². The van der Waals surface area contributed by atoms with Crippen molar-refractivity contribution < 1.29 is 15.0 Å². The lowest BCUT2D eigenvalue weighted by molar-refractivity contribution is -0.312. The summed E-state index contributed by atoms with van der Waals surface area (Å²) in [7, 11) is 0. The Kier molecular flexibility index (Phi) is 12.7. The van der Waals surface area contributed by atoms with Crippen molar-refractivity contribution in [1.82, 2.24) is 0 Å². The monoisotopic (exact) mass is 375 g/mol. The Morgan fingerprint density at radius 3 is 1.74 bits per heavy atom. The van der Waals surface area contributed by atoms with Crippen LogP contribution >= 0.6 is 0 Å². The third-order valence-electron chi connectivity index (χ3n) is 5.69. The Morgan fingerprint density at radius 2 is 1.30 bits per heavy atom. The van der Waals surface area contributed by atoms with E-state index in [2.05, 4.69) is 6.92 Å². The second-order valence-corrected chi connectivity index (χ2v) is 7.98. The minimum Gasteiger partial charge on any atom is -0.550 e. The van der Waals surface area contributed by atoms with E-state index in [4.69, 9.17) is 0 Å². The molecule has 0 radical (unpaired) electrons. The largest absolute Gasteiger partial charge is 0.550 e. The molecule has 0 bridgehead atoms. The zero-order chi connectivity index (χ0) is 19.9. The molecule has 27 heavy (non-hydrogen) atoms. The van der Waals surface area contributed by atoms with Gasteiger partial charge in [0.25, 0.3) is 0 Å². The summed E-state index contributed by atoms with van der Waals surface area (Å²) in [5.74, 6) is -1.31. The van der Waals surface area contributed by atoms with Gasteiger partial charge >= 0.3 is 0 Å². The maximum atomic E-state index is 11.6. The fraction of sp³-hybridized carbons (Fsp3) is 0.708. The van der Waals surface area contributed by atoms with Gasteiger partial charge in [0.2, 0.25) is 0 Å². The van der Waals surface area contributed by atoms with Crippen LogP contribution in [0.3, 0.4) is 0 Å². The van der Waals surface area contributed by atoms with E-state index >= 15 is 0 Å². The van der Waals surface area contributed by atoms with Crippen molar-refractivity contribution in [2.75, 3.05) is 0 Å². The van der Waals surface area contributed by atoms with Crippen molar-refractivity contribution in [2.45, 2.75) is 103 Å². The van der Waals surface area contributed by atoms with E-state index in [0.717, 1.165) is 18.4 Å². The second kappa shape index (κ2) is 14.5. The van der Waals surface area contributed by atoms with E-state index in [0.29, 0.717) is 6.42 Å². The first-order valence-electron chi connectivity index (χ1n) is 11.1. The fourth-order valence-corrected chi connectivity index (χ4v) is 3.79. The molecule has 1 aromatic carbocycles. The zero-order valence-electron chi connectivity index (χ0n) is 17.4. The van der Waals surface area contributed by atoms with Crippen molar-refractivity contribution in [2.24, 2.45) is 5.92 Å². The lowest BCUT2D eigenvalue weighted by Crippen LogP contribution is -2.34. The van der Waals surface area contributed by atoms with Gasteiger partial charge in [-0.05, 0) is 30.0 Å². The number of unbranched alkanes of at least 4 members (excludes halogenated alkanes) is 11. The van der Waals surface area contributed by atoms with Crippen LogP contribution < -0.4 is 5.11 Å². The number of carboxylic acids is 1. The van der Waals surface area contributed by atoms with E-state index < -0.39 is 11.9 Å². The van der Waals surface area contributed by atoms with Gasteiger partial charge in [0.1, 0.15) is 5.75 Å². The molecular formula is C24H39O3-. The van der Waals surface area contributed by atoms with Crippen LogP contribution in [0.5, 0.6) is 5.75 Å². The summed E-state index contributed by atoms with van der Waals surface area (Å²) < 4.78 is 0. The smallest absolute Gasteiger partial charge is 0.115 e. The minimum absolute atomic E-state index is 0.0942. The number of rotatable bonds is 16. The molecule has 154 valence electrons. The summed E-state index contributed by atoms with van der Waals surface area (Å²) in [5, 5.41) is 20.9. The van der Waals surface area contributed by atoms with Crippen LogP contribution in [0, 0.1) is 5.92 Å². The summed E-state index contributed by atoms with van der Waals surface area (Å²) in [5.41, 5.74) is 0.945.